The van der Waals surface area contributed by atoms with Crippen LogP contribution < -0.4 is 5.32 Å². The van der Waals surface area contributed by atoms with Crippen molar-refractivity contribution in [3.05, 3.63) is 60.2 Å². The van der Waals surface area contributed by atoms with Crippen molar-refractivity contribution >= 4 is 21.7 Å². The molecule has 2 amide bonds. The minimum absolute atomic E-state index is 0.114. The van der Waals surface area contributed by atoms with Gasteiger partial charge in [-0.1, -0.05) is 43.2 Å². The van der Waals surface area contributed by atoms with E-state index in [0.29, 0.717) is 31.9 Å². The molecular formula is C24H32N4O3S. The van der Waals surface area contributed by atoms with E-state index in [0.717, 1.165) is 45.3 Å². The maximum Gasteiger partial charge on any atom is 0.321 e. The molecule has 2 aromatic carbocycles. The van der Waals surface area contributed by atoms with Crippen LogP contribution in [0.4, 0.5) is 10.5 Å². The van der Waals surface area contributed by atoms with Crippen molar-refractivity contribution in [2.24, 2.45) is 0 Å². The van der Waals surface area contributed by atoms with Crippen LogP contribution in [0.3, 0.4) is 0 Å². The van der Waals surface area contributed by atoms with Crippen LogP contribution in [-0.2, 0) is 16.6 Å². The van der Waals surface area contributed by atoms with Crippen LogP contribution in [0.25, 0.3) is 0 Å². The molecule has 0 saturated carbocycles. The zero-order chi connectivity index (χ0) is 22.4. The number of sulfonamides is 1. The van der Waals surface area contributed by atoms with Crippen molar-refractivity contribution in [2.75, 3.05) is 44.6 Å². The van der Waals surface area contributed by atoms with E-state index in [2.05, 4.69) is 22.3 Å². The van der Waals surface area contributed by atoms with Crippen molar-refractivity contribution in [3.8, 4) is 0 Å². The summed E-state index contributed by atoms with van der Waals surface area (Å²) >= 11 is 0. The highest BCUT2D eigenvalue weighted by atomic mass is 32.2. The van der Waals surface area contributed by atoms with Gasteiger partial charge in [0.1, 0.15) is 0 Å². The Morgan fingerprint density at radius 3 is 2.03 bits per heavy atom. The van der Waals surface area contributed by atoms with Gasteiger partial charge < -0.3 is 10.2 Å². The first kappa shape index (κ1) is 22.8. The Hall–Kier alpha value is -2.42. The van der Waals surface area contributed by atoms with Crippen molar-refractivity contribution in [2.45, 2.75) is 37.1 Å². The summed E-state index contributed by atoms with van der Waals surface area (Å²) in [5.41, 5.74) is 1.85. The molecule has 0 radical (unpaired) electrons. The first-order valence-electron chi connectivity index (χ1n) is 11.4. The van der Waals surface area contributed by atoms with Gasteiger partial charge in [0.25, 0.3) is 0 Å². The second kappa shape index (κ2) is 10.5. The smallest absolute Gasteiger partial charge is 0.321 e. The number of hydrogen-bond donors (Lipinski definition) is 1. The Morgan fingerprint density at radius 1 is 0.781 bits per heavy atom. The summed E-state index contributed by atoms with van der Waals surface area (Å²) in [7, 11) is -3.55. The average molecular weight is 457 g/mol. The molecule has 2 aliphatic heterocycles. The van der Waals surface area contributed by atoms with Crippen LogP contribution in [0.1, 0.15) is 31.2 Å². The number of carbonyl (C=O) groups is 1. The molecule has 2 heterocycles. The van der Waals surface area contributed by atoms with Crippen molar-refractivity contribution in [3.63, 3.8) is 0 Å². The molecule has 2 aliphatic rings. The van der Waals surface area contributed by atoms with Crippen LogP contribution in [-0.4, -0.2) is 67.8 Å². The van der Waals surface area contributed by atoms with E-state index >= 15 is 0 Å². The highest BCUT2D eigenvalue weighted by Crippen LogP contribution is 2.21. The van der Waals surface area contributed by atoms with Crippen LogP contribution in [0, 0.1) is 0 Å². The van der Waals surface area contributed by atoms with Gasteiger partial charge >= 0.3 is 6.03 Å². The lowest BCUT2D eigenvalue weighted by Gasteiger charge is -2.34. The van der Waals surface area contributed by atoms with Crippen molar-refractivity contribution in [1.82, 2.24) is 14.1 Å². The van der Waals surface area contributed by atoms with E-state index in [9.17, 15) is 13.2 Å². The lowest BCUT2D eigenvalue weighted by atomic mass is 10.2. The minimum Gasteiger partial charge on any atom is -0.325 e. The minimum atomic E-state index is -3.55. The van der Waals surface area contributed by atoms with Crippen LogP contribution in [0.2, 0.25) is 0 Å². The maximum absolute atomic E-state index is 13.1. The fraction of sp³-hybridized carbons (Fsp3) is 0.458. The van der Waals surface area contributed by atoms with E-state index in [4.69, 9.17) is 0 Å². The van der Waals surface area contributed by atoms with E-state index in [1.54, 1.807) is 28.6 Å². The molecule has 2 aromatic rings. The molecule has 7 nitrogen and oxygen atoms in total. The van der Waals surface area contributed by atoms with Crippen LogP contribution in [0.5, 0.6) is 0 Å². The molecule has 2 fully saturated rings. The molecule has 0 atom stereocenters. The van der Waals surface area contributed by atoms with Gasteiger partial charge in [0.2, 0.25) is 10.0 Å². The Balaban J connectivity index is 1.32. The van der Waals surface area contributed by atoms with Gasteiger partial charge in [-0.25, -0.2) is 13.2 Å². The van der Waals surface area contributed by atoms with E-state index < -0.39 is 10.0 Å². The third kappa shape index (κ3) is 5.68. The SMILES string of the molecule is O=C(Nc1ccc(S(=O)(=O)N2CCN(Cc3ccccc3)CC2)cc1)N1CCCCCC1. The molecule has 2 saturated heterocycles. The molecule has 32 heavy (non-hydrogen) atoms. The Bertz CT molecular complexity index is 980. The first-order chi connectivity index (χ1) is 15.5. The monoisotopic (exact) mass is 456 g/mol. The number of nitrogens with one attached hydrogen (secondary N) is 1. The van der Waals surface area contributed by atoms with Crippen molar-refractivity contribution in [1.29, 1.82) is 0 Å². The molecule has 0 bridgehead atoms. The first-order valence-corrected chi connectivity index (χ1v) is 12.9. The van der Waals surface area contributed by atoms with E-state index in [1.807, 2.05) is 23.1 Å². The fourth-order valence-corrected chi connectivity index (χ4v) is 5.73. The molecule has 1 N–H and O–H groups in total. The molecular weight excluding hydrogens is 424 g/mol. The number of urea groups is 1. The van der Waals surface area contributed by atoms with Gasteiger partial charge in [-0.05, 0) is 42.7 Å². The zero-order valence-corrected chi connectivity index (χ0v) is 19.3. The number of piperazine rings is 1. The standard InChI is InChI=1S/C24H32N4O3S/c29-24(27-14-6-1-2-7-15-27)25-22-10-12-23(13-11-22)32(30,31)28-18-16-26(17-19-28)20-21-8-4-3-5-9-21/h3-5,8-13H,1-2,6-7,14-20H2,(H,25,29). The second-order valence-electron chi connectivity index (χ2n) is 8.52. The number of likely N-dealkylation sites (tertiary alicyclic amines) is 1. The molecule has 0 unspecified atom stereocenters. The Kier molecular flexibility index (Phi) is 7.44. The summed E-state index contributed by atoms with van der Waals surface area (Å²) in [6.07, 6.45) is 4.39. The van der Waals surface area contributed by atoms with Crippen LogP contribution in [0.15, 0.2) is 59.5 Å². The summed E-state index contributed by atoms with van der Waals surface area (Å²) in [6, 6.07) is 16.6. The molecule has 172 valence electrons. The highest BCUT2D eigenvalue weighted by Gasteiger charge is 2.28. The average Bonchev–Trinajstić information content (AvgIpc) is 3.10. The molecule has 4 rings (SSSR count). The van der Waals surface area contributed by atoms with Gasteiger partial charge in [0.15, 0.2) is 0 Å². The summed E-state index contributed by atoms with van der Waals surface area (Å²) in [4.78, 5) is 16.9. The van der Waals surface area contributed by atoms with Gasteiger partial charge in [-0.2, -0.15) is 4.31 Å². The number of amides is 2. The summed E-state index contributed by atoms with van der Waals surface area (Å²) in [6.45, 7) is 4.74. The second-order valence-corrected chi connectivity index (χ2v) is 10.5. The summed E-state index contributed by atoms with van der Waals surface area (Å²) in [5, 5.41) is 2.90. The number of benzene rings is 2. The van der Waals surface area contributed by atoms with Gasteiger partial charge in [0, 0.05) is 51.5 Å². The number of anilines is 1. The lowest BCUT2D eigenvalue weighted by Crippen LogP contribution is -2.48. The highest BCUT2D eigenvalue weighted by molar-refractivity contribution is 7.89. The molecule has 0 spiro atoms. The van der Waals surface area contributed by atoms with Gasteiger partial charge in [-0.3, -0.25) is 4.90 Å². The third-order valence-corrected chi connectivity index (χ3v) is 8.13. The number of nitrogens with zero attached hydrogens (tertiary/aromatic N) is 3. The van der Waals surface area contributed by atoms with Gasteiger partial charge in [0.05, 0.1) is 4.90 Å². The normalized spacial score (nSPS) is 18.8. The number of rotatable bonds is 5. The Morgan fingerprint density at radius 2 is 1.41 bits per heavy atom. The zero-order valence-electron chi connectivity index (χ0n) is 18.4. The third-order valence-electron chi connectivity index (χ3n) is 6.22. The predicted molar refractivity (Wildman–Crippen MR) is 126 cm³/mol. The van der Waals surface area contributed by atoms with E-state index in [-0.39, 0.29) is 10.9 Å². The topological polar surface area (TPSA) is 73.0 Å². The van der Waals surface area contributed by atoms with Gasteiger partial charge in [-0.15, -0.1) is 0 Å². The Labute approximate surface area is 191 Å². The summed E-state index contributed by atoms with van der Waals surface area (Å²) in [5.74, 6) is 0. The predicted octanol–water partition coefficient (Wildman–Crippen LogP) is 3.60. The molecule has 8 heteroatoms. The molecule has 0 aliphatic carbocycles. The lowest BCUT2D eigenvalue weighted by molar-refractivity contribution is 0.181. The van der Waals surface area contributed by atoms with Crippen molar-refractivity contribution < 1.29 is 13.2 Å². The largest absolute Gasteiger partial charge is 0.325 e. The number of hydrogen-bond acceptors (Lipinski definition) is 4. The van der Waals surface area contributed by atoms with Crippen LogP contribution >= 0.6 is 0 Å². The quantitative estimate of drug-likeness (QED) is 0.746. The fourth-order valence-electron chi connectivity index (χ4n) is 4.31. The number of carbonyl (C=O) groups excluding carboxylic acids is 1. The summed E-state index contributed by atoms with van der Waals surface area (Å²) < 4.78 is 27.7. The maximum atomic E-state index is 13.1. The molecule has 0 aromatic heterocycles. The van der Waals surface area contributed by atoms with E-state index in [1.165, 1.54) is 5.56 Å².